The highest BCUT2D eigenvalue weighted by Gasteiger charge is 2.26. The number of amides is 1. The second kappa shape index (κ2) is 8.29. The van der Waals surface area contributed by atoms with Gasteiger partial charge in [-0.2, -0.15) is 0 Å². The summed E-state index contributed by atoms with van der Waals surface area (Å²) in [5, 5.41) is 3.86. The zero-order valence-electron chi connectivity index (χ0n) is 16.5. The molecular weight excluding hydrogens is 352 g/mol. The predicted molar refractivity (Wildman–Crippen MR) is 108 cm³/mol. The van der Waals surface area contributed by atoms with Gasteiger partial charge in [0.15, 0.2) is 6.61 Å². The zero-order chi connectivity index (χ0) is 19.5. The van der Waals surface area contributed by atoms with Gasteiger partial charge in [0.05, 0.1) is 11.1 Å². The number of fused-ring (bicyclic) bond motifs is 2. The van der Waals surface area contributed by atoms with Crippen LogP contribution in [0.15, 0.2) is 24.3 Å². The second-order valence-corrected chi connectivity index (χ2v) is 8.15. The monoisotopic (exact) mass is 380 g/mol. The molecule has 5 heteroatoms. The van der Waals surface area contributed by atoms with Gasteiger partial charge >= 0.3 is 5.97 Å². The Morgan fingerprint density at radius 1 is 1.11 bits per heavy atom. The summed E-state index contributed by atoms with van der Waals surface area (Å²) in [6.07, 6.45) is 8.38. The van der Waals surface area contributed by atoms with Crippen LogP contribution >= 0.6 is 0 Å². The minimum atomic E-state index is -0.413. The Morgan fingerprint density at radius 3 is 2.75 bits per heavy atom. The SMILES string of the molecule is C[C@@H]1CCCC[C@@H]1NC(=O)COC(=O)c1c2c(nc3ccccc13)CCCC2. The average Bonchev–Trinajstić information content (AvgIpc) is 2.72. The summed E-state index contributed by atoms with van der Waals surface area (Å²) in [4.78, 5) is 30.1. The molecule has 0 saturated heterocycles. The number of esters is 1. The number of pyridine rings is 1. The summed E-state index contributed by atoms with van der Waals surface area (Å²) in [6.45, 7) is 1.94. The number of aryl methyl sites for hydroxylation is 1. The molecule has 1 aromatic heterocycles. The first-order chi connectivity index (χ1) is 13.6. The molecule has 0 aliphatic heterocycles. The van der Waals surface area contributed by atoms with E-state index in [1.165, 1.54) is 6.42 Å². The first kappa shape index (κ1) is 18.9. The molecule has 28 heavy (non-hydrogen) atoms. The number of aromatic nitrogens is 1. The van der Waals surface area contributed by atoms with E-state index in [9.17, 15) is 9.59 Å². The van der Waals surface area contributed by atoms with Crippen molar-refractivity contribution in [2.45, 2.75) is 64.3 Å². The van der Waals surface area contributed by atoms with E-state index >= 15 is 0 Å². The molecule has 1 amide bonds. The molecule has 1 heterocycles. The summed E-state index contributed by atoms with van der Waals surface area (Å²) in [6, 6.07) is 7.87. The third-order valence-electron chi connectivity index (χ3n) is 6.17. The molecule has 148 valence electrons. The van der Waals surface area contributed by atoms with Crippen molar-refractivity contribution in [3.8, 4) is 0 Å². The van der Waals surface area contributed by atoms with Crippen molar-refractivity contribution >= 4 is 22.8 Å². The number of hydrogen-bond donors (Lipinski definition) is 1. The highest BCUT2D eigenvalue weighted by molar-refractivity contribution is 6.05. The van der Waals surface area contributed by atoms with Crippen molar-refractivity contribution in [1.82, 2.24) is 10.3 Å². The van der Waals surface area contributed by atoms with Gasteiger partial charge in [-0.05, 0) is 56.1 Å². The molecule has 1 aromatic carbocycles. The summed E-state index contributed by atoms with van der Waals surface area (Å²) in [7, 11) is 0. The first-order valence-electron chi connectivity index (χ1n) is 10.5. The molecule has 0 bridgehead atoms. The van der Waals surface area contributed by atoms with Gasteiger partial charge in [0, 0.05) is 17.1 Å². The molecule has 2 aliphatic rings. The van der Waals surface area contributed by atoms with Crippen LogP contribution in [0, 0.1) is 5.92 Å². The third kappa shape index (κ3) is 3.89. The van der Waals surface area contributed by atoms with E-state index in [0.29, 0.717) is 11.5 Å². The molecular formula is C23H28N2O3. The van der Waals surface area contributed by atoms with Gasteiger partial charge in [0.25, 0.3) is 5.91 Å². The van der Waals surface area contributed by atoms with Crippen molar-refractivity contribution < 1.29 is 14.3 Å². The lowest BCUT2D eigenvalue weighted by atomic mass is 9.86. The Labute approximate surface area is 165 Å². The topological polar surface area (TPSA) is 68.3 Å². The third-order valence-corrected chi connectivity index (χ3v) is 6.17. The Morgan fingerprint density at radius 2 is 1.89 bits per heavy atom. The van der Waals surface area contributed by atoms with Gasteiger partial charge in [-0.3, -0.25) is 9.78 Å². The van der Waals surface area contributed by atoms with Crippen LogP contribution in [0.3, 0.4) is 0 Å². The molecule has 2 atom stereocenters. The van der Waals surface area contributed by atoms with Crippen LogP contribution in [-0.2, 0) is 22.4 Å². The van der Waals surface area contributed by atoms with E-state index < -0.39 is 5.97 Å². The lowest BCUT2D eigenvalue weighted by molar-refractivity contribution is -0.125. The molecule has 0 unspecified atom stereocenters. The van der Waals surface area contributed by atoms with Gasteiger partial charge in [-0.25, -0.2) is 4.79 Å². The first-order valence-corrected chi connectivity index (χ1v) is 10.5. The number of ether oxygens (including phenoxy) is 1. The molecule has 4 rings (SSSR count). The number of rotatable bonds is 4. The number of para-hydroxylation sites is 1. The molecule has 2 aromatic rings. The standard InChI is InChI=1S/C23H28N2O3/c1-15-8-2-5-11-18(15)25-21(26)14-28-23(27)22-16-9-3-6-12-19(16)24-20-13-7-4-10-17(20)22/h3,6,9,12,15,18H,2,4-5,7-8,10-11,13-14H2,1H3,(H,25,26)/t15-,18+/m1/s1. The minimum absolute atomic E-state index is 0.189. The largest absolute Gasteiger partial charge is 0.452 e. The molecule has 1 saturated carbocycles. The van der Waals surface area contributed by atoms with E-state index in [-0.39, 0.29) is 18.6 Å². The van der Waals surface area contributed by atoms with Gasteiger partial charge in [-0.1, -0.05) is 38.0 Å². The van der Waals surface area contributed by atoms with Crippen LogP contribution in [0.4, 0.5) is 0 Å². The lowest BCUT2D eigenvalue weighted by Crippen LogP contribution is -2.42. The number of benzene rings is 1. The maximum atomic E-state index is 13.0. The van der Waals surface area contributed by atoms with Crippen LogP contribution in [0.1, 0.15) is 67.1 Å². The Balaban J connectivity index is 1.50. The predicted octanol–water partition coefficient (Wildman–Crippen LogP) is 3.97. The summed E-state index contributed by atoms with van der Waals surface area (Å²) in [5.41, 5.74) is 3.41. The number of nitrogens with zero attached hydrogens (tertiary/aromatic N) is 1. The summed E-state index contributed by atoms with van der Waals surface area (Å²) < 4.78 is 5.46. The van der Waals surface area contributed by atoms with E-state index in [2.05, 4.69) is 12.2 Å². The van der Waals surface area contributed by atoms with E-state index in [4.69, 9.17) is 9.72 Å². The van der Waals surface area contributed by atoms with E-state index in [1.54, 1.807) is 0 Å². The van der Waals surface area contributed by atoms with Crippen LogP contribution in [0.2, 0.25) is 0 Å². The van der Waals surface area contributed by atoms with Crippen LogP contribution in [-0.4, -0.2) is 29.5 Å². The molecule has 2 aliphatic carbocycles. The lowest BCUT2D eigenvalue weighted by Gasteiger charge is -2.29. The van der Waals surface area contributed by atoms with E-state index in [0.717, 1.165) is 67.1 Å². The van der Waals surface area contributed by atoms with Gasteiger partial charge in [0.1, 0.15) is 0 Å². The fourth-order valence-electron chi connectivity index (χ4n) is 4.59. The molecule has 5 nitrogen and oxygen atoms in total. The Hall–Kier alpha value is -2.43. The maximum absolute atomic E-state index is 13.0. The maximum Gasteiger partial charge on any atom is 0.339 e. The van der Waals surface area contributed by atoms with Gasteiger partial charge in [-0.15, -0.1) is 0 Å². The second-order valence-electron chi connectivity index (χ2n) is 8.15. The highest BCUT2D eigenvalue weighted by Crippen LogP contribution is 2.30. The number of nitrogens with one attached hydrogen (secondary N) is 1. The van der Waals surface area contributed by atoms with Crippen molar-refractivity contribution in [3.63, 3.8) is 0 Å². The number of carbonyl (C=O) groups is 2. The molecule has 0 radical (unpaired) electrons. The number of hydrogen-bond acceptors (Lipinski definition) is 4. The van der Waals surface area contributed by atoms with Gasteiger partial charge < -0.3 is 10.1 Å². The fraction of sp³-hybridized carbons (Fsp3) is 0.522. The molecule has 1 N–H and O–H groups in total. The summed E-state index contributed by atoms with van der Waals surface area (Å²) >= 11 is 0. The molecule has 1 fully saturated rings. The quantitative estimate of drug-likeness (QED) is 0.815. The minimum Gasteiger partial charge on any atom is -0.452 e. The van der Waals surface area contributed by atoms with Crippen LogP contribution < -0.4 is 5.32 Å². The van der Waals surface area contributed by atoms with Crippen molar-refractivity contribution in [3.05, 3.63) is 41.1 Å². The van der Waals surface area contributed by atoms with Crippen molar-refractivity contribution in [2.24, 2.45) is 5.92 Å². The Bertz CT molecular complexity index is 893. The smallest absolute Gasteiger partial charge is 0.339 e. The Kier molecular flexibility index (Phi) is 5.60. The van der Waals surface area contributed by atoms with Crippen molar-refractivity contribution in [2.75, 3.05) is 6.61 Å². The fourth-order valence-corrected chi connectivity index (χ4v) is 4.59. The normalized spacial score (nSPS) is 21.8. The molecule has 0 spiro atoms. The highest BCUT2D eigenvalue weighted by atomic mass is 16.5. The van der Waals surface area contributed by atoms with Crippen molar-refractivity contribution in [1.29, 1.82) is 0 Å². The summed E-state index contributed by atoms with van der Waals surface area (Å²) in [5.74, 6) is -0.146. The van der Waals surface area contributed by atoms with Crippen LogP contribution in [0.5, 0.6) is 0 Å². The zero-order valence-corrected chi connectivity index (χ0v) is 16.5. The van der Waals surface area contributed by atoms with E-state index in [1.807, 2.05) is 24.3 Å². The number of carbonyl (C=O) groups excluding carboxylic acids is 2. The van der Waals surface area contributed by atoms with Gasteiger partial charge in [0.2, 0.25) is 0 Å². The van der Waals surface area contributed by atoms with Crippen LogP contribution in [0.25, 0.3) is 10.9 Å². The average molecular weight is 380 g/mol.